The van der Waals surface area contributed by atoms with Crippen molar-refractivity contribution in [3.63, 3.8) is 0 Å². The minimum atomic E-state index is -0.486. The number of nitrogens with one attached hydrogen (secondary N) is 2. The fourth-order valence-corrected chi connectivity index (χ4v) is 4.53. The minimum Gasteiger partial charge on any atom is -0.360 e. The minimum absolute atomic E-state index is 0.144. The van der Waals surface area contributed by atoms with Crippen molar-refractivity contribution in [2.75, 3.05) is 23.8 Å². The second-order valence-electron chi connectivity index (χ2n) is 8.30. The van der Waals surface area contributed by atoms with Gasteiger partial charge in [-0.3, -0.25) is 14.2 Å². The highest BCUT2D eigenvalue weighted by Gasteiger charge is 2.29. The topological polar surface area (TPSA) is 105 Å². The van der Waals surface area contributed by atoms with Gasteiger partial charge in [-0.25, -0.2) is 15.0 Å². The highest BCUT2D eigenvalue weighted by molar-refractivity contribution is 6.35. The summed E-state index contributed by atoms with van der Waals surface area (Å²) >= 11 is 6.38. The highest BCUT2D eigenvalue weighted by atomic mass is 35.5. The number of hydrogen-bond acceptors (Lipinski definition) is 7. The first-order chi connectivity index (χ1) is 17.0. The number of hydrogen-bond donors (Lipinski definition) is 2. The molecule has 1 amide bonds. The standard InChI is InChI=1S/C25H24ClN7O2/c1-3-12-32-14-29-21-20(24(32)34)22(28-13-27-21)30-15(2)23-31-18-11-7-10-17(26)19(18)25(35)33(23)16-8-5-4-6-9-16/h4-11,13,15H,3,12,14H2,1-2H3,(H2,27,28,29,30)/t15-/m0/s1. The Bertz CT molecular complexity index is 1470. The van der Waals surface area contributed by atoms with Crippen LogP contribution in [0.25, 0.3) is 16.6 Å². The molecule has 2 aromatic carbocycles. The van der Waals surface area contributed by atoms with Gasteiger partial charge in [0.15, 0.2) is 0 Å². The zero-order valence-electron chi connectivity index (χ0n) is 19.3. The molecule has 5 rings (SSSR count). The van der Waals surface area contributed by atoms with Gasteiger partial charge in [0.2, 0.25) is 0 Å². The molecule has 0 bridgehead atoms. The Morgan fingerprint density at radius 1 is 1.11 bits per heavy atom. The predicted molar refractivity (Wildman–Crippen MR) is 136 cm³/mol. The third kappa shape index (κ3) is 4.08. The van der Waals surface area contributed by atoms with Gasteiger partial charge in [-0.15, -0.1) is 0 Å². The molecule has 1 aliphatic heterocycles. The Labute approximate surface area is 206 Å². The summed E-state index contributed by atoms with van der Waals surface area (Å²) in [5, 5.41) is 7.18. The van der Waals surface area contributed by atoms with Crippen molar-refractivity contribution in [1.29, 1.82) is 0 Å². The maximum absolute atomic E-state index is 13.6. The van der Waals surface area contributed by atoms with Crippen molar-refractivity contribution >= 4 is 40.0 Å². The van der Waals surface area contributed by atoms with Crippen LogP contribution in [0.3, 0.4) is 0 Å². The van der Waals surface area contributed by atoms with Crippen LogP contribution in [0.1, 0.15) is 42.5 Å². The number of benzene rings is 2. The third-order valence-corrected chi connectivity index (χ3v) is 6.22. The molecule has 9 nitrogen and oxygen atoms in total. The summed E-state index contributed by atoms with van der Waals surface area (Å²) in [6.45, 7) is 4.91. The number of para-hydroxylation sites is 1. The molecule has 178 valence electrons. The third-order valence-electron chi connectivity index (χ3n) is 5.91. The second-order valence-corrected chi connectivity index (χ2v) is 8.70. The zero-order valence-corrected chi connectivity index (χ0v) is 20.1. The maximum Gasteiger partial charge on any atom is 0.267 e. The number of anilines is 2. The summed E-state index contributed by atoms with van der Waals surface area (Å²) < 4.78 is 1.54. The molecule has 0 aliphatic carbocycles. The number of aromatic nitrogens is 4. The van der Waals surface area contributed by atoms with E-state index in [1.807, 2.05) is 44.2 Å². The zero-order chi connectivity index (χ0) is 24.5. The first-order valence-corrected chi connectivity index (χ1v) is 11.8. The molecule has 10 heteroatoms. The lowest BCUT2D eigenvalue weighted by atomic mass is 10.1. The van der Waals surface area contributed by atoms with Crippen LogP contribution < -0.4 is 16.2 Å². The largest absolute Gasteiger partial charge is 0.360 e. The number of rotatable bonds is 6. The first kappa shape index (κ1) is 22.8. The fourth-order valence-electron chi connectivity index (χ4n) is 4.28. The molecule has 1 aliphatic rings. The maximum atomic E-state index is 13.6. The van der Waals surface area contributed by atoms with E-state index < -0.39 is 6.04 Å². The first-order valence-electron chi connectivity index (χ1n) is 11.4. The van der Waals surface area contributed by atoms with E-state index >= 15 is 0 Å². The number of amides is 1. The summed E-state index contributed by atoms with van der Waals surface area (Å²) in [7, 11) is 0. The molecule has 35 heavy (non-hydrogen) atoms. The molecule has 0 saturated carbocycles. The van der Waals surface area contributed by atoms with Crippen LogP contribution in [0.5, 0.6) is 0 Å². The Kier molecular flexibility index (Phi) is 6.08. The highest BCUT2D eigenvalue weighted by Crippen LogP contribution is 2.29. The van der Waals surface area contributed by atoms with Gasteiger partial charge in [-0.2, -0.15) is 0 Å². The number of nitrogens with zero attached hydrogens (tertiary/aromatic N) is 5. The van der Waals surface area contributed by atoms with Crippen LogP contribution in [-0.2, 0) is 0 Å². The van der Waals surface area contributed by atoms with Gasteiger partial charge in [-0.1, -0.05) is 42.8 Å². The van der Waals surface area contributed by atoms with Gasteiger partial charge in [0, 0.05) is 6.54 Å². The SMILES string of the molecule is CCCN1CNc2ncnc(N[C@@H](C)c3nc4cccc(Cl)c4c(=O)n3-c3ccccc3)c2C1=O. The summed E-state index contributed by atoms with van der Waals surface area (Å²) in [6.07, 6.45) is 2.24. The van der Waals surface area contributed by atoms with Gasteiger partial charge >= 0.3 is 0 Å². The fraction of sp³-hybridized carbons (Fsp3) is 0.240. The molecule has 0 saturated heterocycles. The van der Waals surface area contributed by atoms with E-state index in [-0.39, 0.29) is 11.5 Å². The molecule has 0 unspecified atom stereocenters. The van der Waals surface area contributed by atoms with E-state index in [2.05, 4.69) is 20.6 Å². The molecule has 4 aromatic rings. The monoisotopic (exact) mass is 489 g/mol. The van der Waals surface area contributed by atoms with Gasteiger partial charge < -0.3 is 15.5 Å². The molecular formula is C25H24ClN7O2. The average molecular weight is 490 g/mol. The van der Waals surface area contributed by atoms with Gasteiger partial charge in [0.25, 0.3) is 11.5 Å². The number of carbonyl (C=O) groups is 1. The van der Waals surface area contributed by atoms with Crippen molar-refractivity contribution in [1.82, 2.24) is 24.4 Å². The smallest absolute Gasteiger partial charge is 0.267 e. The molecule has 0 spiro atoms. The van der Waals surface area contributed by atoms with E-state index in [0.717, 1.165) is 6.42 Å². The molecule has 2 aromatic heterocycles. The van der Waals surface area contributed by atoms with Gasteiger partial charge in [-0.05, 0) is 37.6 Å². The lowest BCUT2D eigenvalue weighted by molar-refractivity contribution is 0.0758. The van der Waals surface area contributed by atoms with Crippen LogP contribution in [0, 0.1) is 0 Å². The van der Waals surface area contributed by atoms with Crippen LogP contribution in [-0.4, -0.2) is 43.5 Å². The Balaban J connectivity index is 1.63. The Morgan fingerprint density at radius 2 is 1.91 bits per heavy atom. The van der Waals surface area contributed by atoms with Gasteiger partial charge in [0.1, 0.15) is 29.4 Å². The lowest BCUT2D eigenvalue weighted by Gasteiger charge is -2.30. The summed E-state index contributed by atoms with van der Waals surface area (Å²) in [5.74, 6) is 1.17. The van der Waals surface area contributed by atoms with Crippen LogP contribution >= 0.6 is 11.6 Å². The van der Waals surface area contributed by atoms with E-state index in [9.17, 15) is 9.59 Å². The number of fused-ring (bicyclic) bond motifs is 2. The van der Waals surface area contributed by atoms with E-state index in [1.54, 1.807) is 27.7 Å². The predicted octanol–water partition coefficient (Wildman–Crippen LogP) is 4.24. The van der Waals surface area contributed by atoms with Crippen molar-refractivity contribution < 1.29 is 4.79 Å². The molecular weight excluding hydrogens is 466 g/mol. The summed E-state index contributed by atoms with van der Waals surface area (Å²) in [4.78, 5) is 41.9. The summed E-state index contributed by atoms with van der Waals surface area (Å²) in [6, 6.07) is 14.0. The van der Waals surface area contributed by atoms with Gasteiger partial charge in [0.05, 0.1) is 34.3 Å². The van der Waals surface area contributed by atoms with Crippen LogP contribution in [0.4, 0.5) is 11.6 Å². The van der Waals surface area contributed by atoms with Crippen LogP contribution in [0.15, 0.2) is 59.7 Å². The molecule has 2 N–H and O–H groups in total. The average Bonchev–Trinajstić information content (AvgIpc) is 2.86. The lowest BCUT2D eigenvalue weighted by Crippen LogP contribution is -2.41. The van der Waals surface area contributed by atoms with E-state index in [0.29, 0.717) is 57.8 Å². The van der Waals surface area contributed by atoms with E-state index in [1.165, 1.54) is 6.33 Å². The number of halogens is 1. The van der Waals surface area contributed by atoms with Crippen molar-refractivity contribution in [3.05, 3.63) is 81.6 Å². The van der Waals surface area contributed by atoms with Crippen LogP contribution in [0.2, 0.25) is 5.02 Å². The summed E-state index contributed by atoms with van der Waals surface area (Å²) in [5.41, 5.74) is 1.26. The normalized spacial score (nSPS) is 13.9. The number of carbonyl (C=O) groups excluding carboxylic acids is 1. The Morgan fingerprint density at radius 3 is 2.69 bits per heavy atom. The van der Waals surface area contributed by atoms with E-state index in [4.69, 9.17) is 16.6 Å². The molecule has 3 heterocycles. The molecule has 0 radical (unpaired) electrons. The van der Waals surface area contributed by atoms with Crippen molar-refractivity contribution in [3.8, 4) is 5.69 Å². The van der Waals surface area contributed by atoms with Crippen molar-refractivity contribution in [2.45, 2.75) is 26.3 Å². The Hall–Kier alpha value is -3.98. The molecule has 0 fully saturated rings. The van der Waals surface area contributed by atoms with Crippen molar-refractivity contribution in [2.24, 2.45) is 0 Å². The molecule has 1 atom stereocenters. The quantitative estimate of drug-likeness (QED) is 0.417. The second kappa shape index (κ2) is 9.34.